The Hall–Kier alpha value is -1.70. The third kappa shape index (κ3) is 5.18. The Morgan fingerprint density at radius 3 is 2.11 bits per heavy atom. The fourth-order valence-corrected chi connectivity index (χ4v) is 4.12. The molecule has 0 bridgehead atoms. The molecule has 27 heavy (non-hydrogen) atoms. The number of thioether (sulfide) groups is 1. The SMILES string of the molecule is C[C@@H](Sc1ccc(S(=O)(=O)N(C)C)cn1)C(=O)c1ccc(C(C)(C)C)cc1. The van der Waals surface area contributed by atoms with Crippen molar-refractivity contribution in [2.24, 2.45) is 0 Å². The van der Waals surface area contributed by atoms with Crippen molar-refractivity contribution >= 4 is 27.6 Å². The molecule has 0 N–H and O–H groups in total. The van der Waals surface area contributed by atoms with Gasteiger partial charge in [-0.1, -0.05) is 56.8 Å². The fourth-order valence-electron chi connectivity index (χ4n) is 2.40. The zero-order valence-corrected chi connectivity index (χ0v) is 18.2. The minimum absolute atomic E-state index is 0.0206. The molecule has 1 atom stereocenters. The molecule has 7 heteroatoms. The second-order valence-corrected chi connectivity index (χ2v) is 11.1. The largest absolute Gasteiger partial charge is 0.293 e. The first kappa shape index (κ1) is 21.6. The lowest BCUT2D eigenvalue weighted by molar-refractivity contribution is 0.0994. The summed E-state index contributed by atoms with van der Waals surface area (Å²) in [5.74, 6) is 0.0206. The number of hydrogen-bond acceptors (Lipinski definition) is 5. The first-order valence-electron chi connectivity index (χ1n) is 8.63. The van der Waals surface area contributed by atoms with Crippen LogP contribution in [0.25, 0.3) is 0 Å². The van der Waals surface area contributed by atoms with Crippen LogP contribution in [0.1, 0.15) is 43.6 Å². The number of hydrogen-bond donors (Lipinski definition) is 0. The van der Waals surface area contributed by atoms with Crippen LogP contribution in [-0.4, -0.2) is 42.8 Å². The Morgan fingerprint density at radius 1 is 1.07 bits per heavy atom. The third-order valence-electron chi connectivity index (χ3n) is 4.19. The van der Waals surface area contributed by atoms with Crippen LogP contribution in [0.15, 0.2) is 52.5 Å². The van der Waals surface area contributed by atoms with E-state index in [-0.39, 0.29) is 21.3 Å². The van der Waals surface area contributed by atoms with E-state index in [1.54, 1.807) is 6.07 Å². The smallest absolute Gasteiger partial charge is 0.244 e. The van der Waals surface area contributed by atoms with Gasteiger partial charge in [0.05, 0.1) is 10.3 Å². The van der Waals surface area contributed by atoms with Gasteiger partial charge in [-0.25, -0.2) is 17.7 Å². The predicted octanol–water partition coefficient (Wildman–Crippen LogP) is 3.99. The molecule has 0 saturated heterocycles. The normalized spacial score (nSPS) is 13.6. The zero-order chi connectivity index (χ0) is 20.4. The summed E-state index contributed by atoms with van der Waals surface area (Å²) in [5.41, 5.74) is 1.88. The number of carbonyl (C=O) groups is 1. The van der Waals surface area contributed by atoms with Crippen molar-refractivity contribution in [2.45, 2.75) is 48.3 Å². The Kier molecular flexibility index (Phi) is 6.50. The topological polar surface area (TPSA) is 67.3 Å². The summed E-state index contributed by atoms with van der Waals surface area (Å²) < 4.78 is 25.3. The number of rotatable bonds is 6. The van der Waals surface area contributed by atoms with E-state index in [0.717, 1.165) is 4.31 Å². The van der Waals surface area contributed by atoms with Gasteiger partial charge in [0.1, 0.15) is 4.90 Å². The van der Waals surface area contributed by atoms with E-state index >= 15 is 0 Å². The second kappa shape index (κ2) is 8.12. The van der Waals surface area contributed by atoms with Crippen LogP contribution < -0.4 is 0 Å². The number of nitrogens with zero attached hydrogens (tertiary/aromatic N) is 2. The Labute approximate surface area is 166 Å². The van der Waals surface area contributed by atoms with Crippen LogP contribution in [-0.2, 0) is 15.4 Å². The van der Waals surface area contributed by atoms with Gasteiger partial charge in [0.25, 0.3) is 0 Å². The summed E-state index contributed by atoms with van der Waals surface area (Å²) in [6, 6.07) is 10.8. The van der Waals surface area contributed by atoms with E-state index in [1.165, 1.54) is 43.7 Å². The molecule has 0 unspecified atom stereocenters. The van der Waals surface area contributed by atoms with E-state index in [4.69, 9.17) is 0 Å². The van der Waals surface area contributed by atoms with Crippen LogP contribution in [0.4, 0.5) is 0 Å². The number of ketones is 1. The number of Topliss-reactive ketones (excluding diaryl/α,β-unsaturated/α-hetero) is 1. The molecular formula is C20H26N2O3S2. The third-order valence-corrected chi connectivity index (χ3v) is 7.04. The lowest BCUT2D eigenvalue weighted by Gasteiger charge is -2.19. The van der Waals surface area contributed by atoms with Crippen molar-refractivity contribution in [3.63, 3.8) is 0 Å². The molecular weight excluding hydrogens is 380 g/mol. The van der Waals surface area contributed by atoms with E-state index < -0.39 is 10.0 Å². The monoisotopic (exact) mass is 406 g/mol. The van der Waals surface area contributed by atoms with E-state index in [9.17, 15) is 13.2 Å². The van der Waals surface area contributed by atoms with E-state index in [0.29, 0.717) is 10.6 Å². The molecule has 2 rings (SSSR count). The molecule has 5 nitrogen and oxygen atoms in total. The molecule has 1 heterocycles. The van der Waals surface area contributed by atoms with Crippen molar-refractivity contribution in [2.75, 3.05) is 14.1 Å². The molecule has 2 aromatic rings. The zero-order valence-electron chi connectivity index (χ0n) is 16.6. The summed E-state index contributed by atoms with van der Waals surface area (Å²) in [6.45, 7) is 8.23. The van der Waals surface area contributed by atoms with Crippen LogP contribution in [0.3, 0.4) is 0 Å². The molecule has 1 aromatic carbocycles. The summed E-state index contributed by atoms with van der Waals surface area (Å²) in [4.78, 5) is 17.0. The highest BCUT2D eigenvalue weighted by Crippen LogP contribution is 2.27. The molecule has 0 spiro atoms. The predicted molar refractivity (Wildman–Crippen MR) is 110 cm³/mol. The highest BCUT2D eigenvalue weighted by atomic mass is 32.2. The number of aromatic nitrogens is 1. The average Bonchev–Trinajstić information content (AvgIpc) is 2.60. The average molecular weight is 407 g/mol. The summed E-state index contributed by atoms with van der Waals surface area (Å²) in [6.07, 6.45) is 1.33. The Bertz CT molecular complexity index is 898. The number of benzene rings is 1. The van der Waals surface area contributed by atoms with Crippen molar-refractivity contribution < 1.29 is 13.2 Å². The van der Waals surface area contributed by atoms with E-state index in [2.05, 4.69) is 25.8 Å². The summed E-state index contributed by atoms with van der Waals surface area (Å²) in [5, 5.41) is 0.286. The molecule has 146 valence electrons. The Balaban J connectivity index is 2.10. The molecule has 0 radical (unpaired) electrons. The molecule has 0 aliphatic carbocycles. The maximum Gasteiger partial charge on any atom is 0.244 e. The van der Waals surface area contributed by atoms with Gasteiger partial charge in [0.2, 0.25) is 10.0 Å². The molecule has 0 aliphatic rings. The maximum atomic E-state index is 12.7. The van der Waals surface area contributed by atoms with Crippen LogP contribution in [0.5, 0.6) is 0 Å². The molecule has 1 aromatic heterocycles. The van der Waals surface area contributed by atoms with Gasteiger partial charge in [-0.05, 0) is 30.0 Å². The standard InChI is InChI=1S/C20H26N2O3S2/c1-14(19(23)15-7-9-16(10-8-15)20(2,3)4)26-18-12-11-17(13-21-18)27(24,25)22(5)6/h7-14H,1-6H3/t14-/m1/s1. The highest BCUT2D eigenvalue weighted by molar-refractivity contribution is 8.00. The highest BCUT2D eigenvalue weighted by Gasteiger charge is 2.21. The van der Waals surface area contributed by atoms with Gasteiger partial charge in [0.15, 0.2) is 5.78 Å². The number of sulfonamides is 1. The lowest BCUT2D eigenvalue weighted by atomic mass is 9.86. The van der Waals surface area contributed by atoms with Crippen molar-refractivity contribution in [3.8, 4) is 0 Å². The second-order valence-electron chi connectivity index (χ2n) is 7.57. The van der Waals surface area contributed by atoms with Gasteiger partial charge in [-0.2, -0.15) is 0 Å². The van der Waals surface area contributed by atoms with E-state index in [1.807, 2.05) is 31.2 Å². The number of carbonyl (C=O) groups excluding carboxylic acids is 1. The summed E-state index contributed by atoms with van der Waals surface area (Å²) in [7, 11) is -0.551. The maximum absolute atomic E-state index is 12.7. The minimum atomic E-state index is -3.50. The van der Waals surface area contributed by atoms with Crippen molar-refractivity contribution in [1.82, 2.24) is 9.29 Å². The van der Waals surface area contributed by atoms with Gasteiger partial charge in [0, 0.05) is 25.9 Å². The number of pyridine rings is 1. The first-order chi connectivity index (χ1) is 12.4. The molecule has 0 amide bonds. The van der Waals surface area contributed by atoms with Crippen molar-refractivity contribution in [1.29, 1.82) is 0 Å². The molecule has 0 saturated carbocycles. The van der Waals surface area contributed by atoms with Crippen LogP contribution in [0.2, 0.25) is 0 Å². The summed E-state index contributed by atoms with van der Waals surface area (Å²) >= 11 is 1.31. The quantitative estimate of drug-likeness (QED) is 0.536. The van der Waals surface area contributed by atoms with Crippen LogP contribution >= 0.6 is 11.8 Å². The van der Waals surface area contributed by atoms with Gasteiger partial charge >= 0.3 is 0 Å². The van der Waals surface area contributed by atoms with Gasteiger partial charge in [-0.3, -0.25) is 4.79 Å². The molecule has 0 aliphatic heterocycles. The fraction of sp³-hybridized carbons (Fsp3) is 0.400. The first-order valence-corrected chi connectivity index (χ1v) is 10.9. The Morgan fingerprint density at radius 2 is 1.67 bits per heavy atom. The minimum Gasteiger partial charge on any atom is -0.293 e. The van der Waals surface area contributed by atoms with Crippen LogP contribution in [0, 0.1) is 0 Å². The van der Waals surface area contributed by atoms with Gasteiger partial charge in [-0.15, -0.1) is 0 Å². The lowest BCUT2D eigenvalue weighted by Crippen LogP contribution is -2.22. The van der Waals surface area contributed by atoms with Crippen molar-refractivity contribution in [3.05, 3.63) is 53.7 Å². The van der Waals surface area contributed by atoms with Gasteiger partial charge < -0.3 is 0 Å². The molecule has 0 fully saturated rings.